The molecule has 1 amide bonds. The minimum atomic E-state index is -0.844. The Balaban J connectivity index is 1.63. The van der Waals surface area contributed by atoms with E-state index in [1.807, 2.05) is 36.4 Å². The molecule has 4 aromatic carbocycles. The number of rotatable bonds is 3. The first kappa shape index (κ1) is 24.6. The van der Waals surface area contributed by atoms with Gasteiger partial charge >= 0.3 is 6.09 Å². The minimum absolute atomic E-state index is 0.101. The van der Waals surface area contributed by atoms with Gasteiger partial charge in [-0.1, -0.05) is 48.5 Å². The summed E-state index contributed by atoms with van der Waals surface area (Å²) >= 11 is 0. The van der Waals surface area contributed by atoms with E-state index in [4.69, 9.17) is 4.74 Å². The van der Waals surface area contributed by atoms with Crippen molar-refractivity contribution in [3.63, 3.8) is 0 Å². The van der Waals surface area contributed by atoms with Crippen molar-refractivity contribution in [2.24, 2.45) is 0 Å². The van der Waals surface area contributed by atoms with Crippen molar-refractivity contribution in [1.82, 2.24) is 19.0 Å². The summed E-state index contributed by atoms with van der Waals surface area (Å²) < 4.78 is 10.2. The van der Waals surface area contributed by atoms with E-state index >= 15 is 0 Å². The van der Waals surface area contributed by atoms with Gasteiger partial charge in [0, 0.05) is 41.4 Å². The summed E-state index contributed by atoms with van der Waals surface area (Å²) in [4.78, 5) is 53.4. The van der Waals surface area contributed by atoms with Crippen LogP contribution in [0.1, 0.15) is 0 Å². The van der Waals surface area contributed by atoms with Gasteiger partial charge in [-0.05, 0) is 47.2 Å². The number of ether oxygens (including phenoxy) is 1. The van der Waals surface area contributed by atoms with E-state index in [1.54, 1.807) is 71.6 Å². The molecule has 0 aliphatic carbocycles. The molecule has 43 heavy (non-hydrogen) atoms. The second-order valence-electron chi connectivity index (χ2n) is 10.1. The van der Waals surface area contributed by atoms with Gasteiger partial charge < -0.3 is 9.30 Å². The molecule has 9 heteroatoms. The van der Waals surface area contributed by atoms with Crippen molar-refractivity contribution < 1.29 is 9.53 Å². The van der Waals surface area contributed by atoms with Gasteiger partial charge in [0.2, 0.25) is 0 Å². The van der Waals surface area contributed by atoms with E-state index in [0.29, 0.717) is 33.2 Å². The lowest BCUT2D eigenvalue weighted by Crippen LogP contribution is -2.24. The van der Waals surface area contributed by atoms with Crippen LogP contribution in [0, 0.1) is 0 Å². The van der Waals surface area contributed by atoms with Crippen LogP contribution in [0.4, 0.5) is 10.5 Å². The number of para-hydroxylation sites is 2. The summed E-state index contributed by atoms with van der Waals surface area (Å²) in [6, 6.07) is 29.6. The molecular formula is C34H19N4O5. The predicted octanol–water partition coefficient (Wildman–Crippen LogP) is 5.35. The second kappa shape index (κ2) is 9.15. The van der Waals surface area contributed by atoms with E-state index < -0.39 is 6.09 Å². The lowest BCUT2D eigenvalue weighted by atomic mass is 10.1. The topological polar surface area (TPSA) is 106 Å². The molecule has 205 valence electrons. The molecule has 0 unspecified atom stereocenters. The maximum Gasteiger partial charge on any atom is 0.439 e. The average Bonchev–Trinajstić information content (AvgIpc) is 3.41. The molecule has 0 bridgehead atoms. The first-order chi connectivity index (χ1) is 21.0. The van der Waals surface area contributed by atoms with E-state index in [2.05, 4.69) is 5.32 Å². The number of carbonyl (C=O) groups is 1. The van der Waals surface area contributed by atoms with Crippen molar-refractivity contribution >= 4 is 44.4 Å². The number of amides is 1. The number of carbonyl (C=O) groups excluding carboxylic acids is 1. The summed E-state index contributed by atoms with van der Waals surface area (Å²) in [5, 5.41) is 6.62. The van der Waals surface area contributed by atoms with Crippen LogP contribution in [0.5, 0.6) is 5.75 Å². The van der Waals surface area contributed by atoms with Crippen LogP contribution in [-0.2, 0) is 0 Å². The Kier molecular flexibility index (Phi) is 5.23. The molecule has 7 aromatic rings. The van der Waals surface area contributed by atoms with Crippen LogP contribution in [-0.4, -0.2) is 19.8 Å². The van der Waals surface area contributed by atoms with Gasteiger partial charge in [-0.25, -0.2) is 4.79 Å². The molecule has 1 radical (unpaired) electrons. The van der Waals surface area contributed by atoms with E-state index in [-0.39, 0.29) is 33.7 Å². The highest BCUT2D eigenvalue weighted by molar-refractivity contribution is 5.96. The minimum Gasteiger partial charge on any atom is -0.406 e. The van der Waals surface area contributed by atoms with Crippen molar-refractivity contribution in [2.45, 2.75) is 0 Å². The summed E-state index contributed by atoms with van der Waals surface area (Å²) in [6.07, 6.45) is 2.40. The van der Waals surface area contributed by atoms with Crippen molar-refractivity contribution in [3.8, 4) is 22.8 Å². The molecule has 9 nitrogen and oxygen atoms in total. The Labute approximate surface area is 242 Å². The third-order valence-corrected chi connectivity index (χ3v) is 7.74. The maximum absolute atomic E-state index is 14.0. The van der Waals surface area contributed by atoms with E-state index in [1.165, 1.54) is 21.3 Å². The molecule has 3 aromatic heterocycles. The molecule has 0 fully saturated rings. The van der Waals surface area contributed by atoms with Gasteiger partial charge in [0.25, 0.3) is 11.1 Å². The number of hydrogen-bond donors (Lipinski definition) is 0. The predicted molar refractivity (Wildman–Crippen MR) is 164 cm³/mol. The number of hydrogen-bond acceptors (Lipinski definition) is 5. The van der Waals surface area contributed by atoms with Crippen LogP contribution in [0.15, 0.2) is 130 Å². The first-order valence-corrected chi connectivity index (χ1v) is 13.5. The van der Waals surface area contributed by atoms with Gasteiger partial charge in [-0.15, -0.1) is 0 Å². The molecule has 0 atom stereocenters. The van der Waals surface area contributed by atoms with E-state index in [9.17, 15) is 19.2 Å². The molecule has 0 saturated heterocycles. The quantitative estimate of drug-likeness (QED) is 0.288. The maximum atomic E-state index is 14.0. The zero-order valence-electron chi connectivity index (χ0n) is 22.3. The monoisotopic (exact) mass is 563 g/mol. The van der Waals surface area contributed by atoms with Crippen molar-refractivity contribution in [1.29, 1.82) is 0 Å². The molecule has 8 rings (SSSR count). The fourth-order valence-electron chi connectivity index (χ4n) is 5.83. The Morgan fingerprint density at radius 2 is 1.30 bits per heavy atom. The summed E-state index contributed by atoms with van der Waals surface area (Å²) in [6.45, 7) is 0. The third kappa shape index (κ3) is 3.65. The molecule has 0 N–H and O–H groups in total. The van der Waals surface area contributed by atoms with Crippen LogP contribution in [0.25, 0.3) is 49.6 Å². The normalized spacial score (nSPS) is 12.4. The molecule has 1 aliphatic heterocycles. The third-order valence-electron chi connectivity index (χ3n) is 7.74. The Morgan fingerprint density at radius 3 is 2.14 bits per heavy atom. The van der Waals surface area contributed by atoms with Crippen LogP contribution in [0.3, 0.4) is 0 Å². The molecule has 0 spiro atoms. The van der Waals surface area contributed by atoms with E-state index in [0.717, 1.165) is 10.8 Å². The Hall–Kier alpha value is -6.22. The molecule has 0 saturated carbocycles. The molecule has 4 heterocycles. The zero-order chi connectivity index (χ0) is 29.2. The van der Waals surface area contributed by atoms with Crippen molar-refractivity contribution in [2.75, 3.05) is 0 Å². The van der Waals surface area contributed by atoms with Crippen LogP contribution < -0.4 is 26.6 Å². The van der Waals surface area contributed by atoms with Crippen LogP contribution >= 0.6 is 0 Å². The average molecular weight is 564 g/mol. The molecular weight excluding hydrogens is 544 g/mol. The fraction of sp³-hybridized carbons (Fsp3) is 0. The number of pyridine rings is 3. The number of benzene rings is 4. The number of fused-ring (bicyclic) bond motifs is 4. The van der Waals surface area contributed by atoms with Gasteiger partial charge in [-0.2, -0.15) is 5.32 Å². The summed E-state index contributed by atoms with van der Waals surface area (Å²) in [5.74, 6) is 0.101. The highest BCUT2D eigenvalue weighted by Crippen LogP contribution is 2.44. The van der Waals surface area contributed by atoms with Gasteiger partial charge in [-0.3, -0.25) is 23.5 Å². The number of nitrogens with zero attached hydrogens (tertiary/aromatic N) is 4. The molecule has 1 aliphatic rings. The number of aromatic nitrogens is 3. The zero-order valence-corrected chi connectivity index (χ0v) is 22.3. The van der Waals surface area contributed by atoms with Crippen molar-refractivity contribution in [3.05, 3.63) is 146 Å². The van der Waals surface area contributed by atoms with Gasteiger partial charge in [0.1, 0.15) is 11.4 Å². The Morgan fingerprint density at radius 1 is 0.605 bits per heavy atom. The second-order valence-corrected chi connectivity index (χ2v) is 10.1. The van der Waals surface area contributed by atoms with Crippen LogP contribution in [0.2, 0.25) is 0 Å². The SMILES string of the molecule is O=C1[N]c2c(cc(-n3ccc4ccccc4c3=O)c(-n3ccc(=O)c4ccccc43)c2-n2c(=O)ccc3ccccc32)O1. The van der Waals surface area contributed by atoms with Gasteiger partial charge in [0.05, 0.1) is 22.4 Å². The largest absolute Gasteiger partial charge is 0.439 e. The summed E-state index contributed by atoms with van der Waals surface area (Å²) in [7, 11) is 0. The Bertz CT molecular complexity index is 2510. The summed E-state index contributed by atoms with van der Waals surface area (Å²) in [5.41, 5.74) is 1.24. The highest BCUT2D eigenvalue weighted by Gasteiger charge is 2.33. The fourth-order valence-corrected chi connectivity index (χ4v) is 5.83. The van der Waals surface area contributed by atoms with Gasteiger partial charge in [0.15, 0.2) is 11.2 Å². The lowest BCUT2D eigenvalue weighted by Gasteiger charge is -2.23. The smallest absolute Gasteiger partial charge is 0.406 e. The standard InChI is InChI=1S/C34H19N4O5/c39-27-16-18-36(25-12-6-4-10-23(25)27)31-26(37-17-15-20-7-1-3-9-22(20)33(37)41)19-28-30(35-34(42)43-28)32(31)38-24-11-5-2-8-21(24)13-14-29(38)40/h1-19H. The lowest BCUT2D eigenvalue weighted by molar-refractivity contribution is 0.211. The highest BCUT2D eigenvalue weighted by atomic mass is 16.6. The first-order valence-electron chi connectivity index (χ1n) is 13.5.